The maximum atomic E-state index is 12.1. The maximum absolute atomic E-state index is 12.1. The van der Waals surface area contributed by atoms with Gasteiger partial charge in [-0.3, -0.25) is 0 Å². The molecule has 2 nitrogen and oxygen atoms in total. The largest absolute Gasteiger partial charge is 0.476 e. The zero-order chi connectivity index (χ0) is 8.15. The molecule has 0 saturated heterocycles. The van der Waals surface area contributed by atoms with Gasteiger partial charge < -0.3 is 5.11 Å². The molecule has 0 fully saturated rings. The normalized spacial score (nSPS) is 12.2. The first kappa shape index (κ1) is 8.81. The van der Waals surface area contributed by atoms with Crippen LogP contribution >= 0.6 is 0 Å². The first-order valence-corrected chi connectivity index (χ1v) is 2.48. The van der Waals surface area contributed by atoms with Gasteiger partial charge >= 0.3 is 5.97 Å². The summed E-state index contributed by atoms with van der Waals surface area (Å²) in [5.74, 6) is -4.94. The van der Waals surface area contributed by atoms with Crippen molar-refractivity contribution in [2.24, 2.45) is 0 Å². The highest BCUT2D eigenvalue weighted by Gasteiger charge is 2.11. The van der Waals surface area contributed by atoms with Crippen molar-refractivity contribution in [1.29, 1.82) is 0 Å². The molecule has 4 heteroatoms. The number of hydrogen-bond acceptors (Lipinski definition) is 1. The van der Waals surface area contributed by atoms with Gasteiger partial charge in [0.05, 0.1) is 0 Å². The van der Waals surface area contributed by atoms with Gasteiger partial charge in [-0.15, -0.1) is 6.58 Å². The van der Waals surface area contributed by atoms with E-state index in [4.69, 9.17) is 5.11 Å². The first-order valence-electron chi connectivity index (χ1n) is 2.48. The van der Waals surface area contributed by atoms with Crippen LogP contribution in [0.5, 0.6) is 0 Å². The van der Waals surface area contributed by atoms with Crippen molar-refractivity contribution in [1.82, 2.24) is 0 Å². The Kier molecular flexibility index (Phi) is 3.32. The molecular weight excluding hydrogens is 142 g/mol. The third-order valence-electron chi connectivity index (χ3n) is 0.749. The molecule has 0 spiro atoms. The van der Waals surface area contributed by atoms with E-state index in [0.717, 1.165) is 6.08 Å². The fraction of sp³-hybridized carbons (Fsp3) is 0.167. The van der Waals surface area contributed by atoms with Crippen molar-refractivity contribution in [3.05, 3.63) is 24.3 Å². The smallest absolute Gasteiger partial charge is 0.367 e. The molecule has 0 rings (SSSR count). The van der Waals surface area contributed by atoms with Gasteiger partial charge in [0.15, 0.2) is 0 Å². The van der Waals surface area contributed by atoms with E-state index < -0.39 is 24.0 Å². The summed E-state index contributed by atoms with van der Waals surface area (Å²) < 4.78 is 24.1. The summed E-state index contributed by atoms with van der Waals surface area (Å²) in [5.41, 5.74) is 0. The van der Waals surface area contributed by atoms with Crippen LogP contribution < -0.4 is 0 Å². The van der Waals surface area contributed by atoms with Gasteiger partial charge in [-0.2, -0.15) is 4.39 Å². The van der Waals surface area contributed by atoms with Gasteiger partial charge in [-0.25, -0.2) is 9.18 Å². The van der Waals surface area contributed by atoms with Crippen molar-refractivity contribution >= 4 is 5.97 Å². The van der Waals surface area contributed by atoms with Gasteiger partial charge in [0, 0.05) is 6.42 Å². The average Bonchev–Trinajstić information content (AvgIpc) is 1.87. The van der Waals surface area contributed by atoms with Crippen molar-refractivity contribution in [2.75, 3.05) is 0 Å². The van der Waals surface area contributed by atoms with E-state index in [1.807, 2.05) is 0 Å². The van der Waals surface area contributed by atoms with E-state index in [2.05, 4.69) is 6.58 Å². The molecule has 0 aliphatic carbocycles. The van der Waals surface area contributed by atoms with Crippen molar-refractivity contribution in [3.63, 3.8) is 0 Å². The molecule has 0 aromatic heterocycles. The Balaban J connectivity index is 4.33. The highest BCUT2D eigenvalue weighted by atomic mass is 19.2. The Morgan fingerprint density at radius 3 is 2.40 bits per heavy atom. The summed E-state index contributed by atoms with van der Waals surface area (Å²) in [6, 6.07) is 0. The Bertz CT molecular complexity index is 184. The highest BCUT2D eigenvalue weighted by molar-refractivity contribution is 5.84. The number of carbonyl (C=O) groups is 1. The second kappa shape index (κ2) is 3.76. The summed E-state index contributed by atoms with van der Waals surface area (Å²) in [6.07, 6.45) is 0.690. The molecule has 0 aromatic carbocycles. The molecule has 1 N–H and O–H groups in total. The molecule has 0 unspecified atom stereocenters. The number of hydrogen-bond donors (Lipinski definition) is 1. The predicted octanol–water partition coefficient (Wildman–Crippen LogP) is 1.80. The van der Waals surface area contributed by atoms with Crippen LogP contribution in [-0.2, 0) is 4.79 Å². The maximum Gasteiger partial charge on any atom is 0.367 e. The van der Waals surface area contributed by atoms with E-state index in [1.165, 1.54) is 0 Å². The topological polar surface area (TPSA) is 37.3 Å². The number of allylic oxidation sites excluding steroid dienone is 2. The lowest BCUT2D eigenvalue weighted by Gasteiger charge is -1.90. The number of carboxylic acid groups (broad SMARTS) is 1. The second-order valence-electron chi connectivity index (χ2n) is 1.52. The monoisotopic (exact) mass is 148 g/mol. The minimum absolute atomic E-state index is 0.391. The lowest BCUT2D eigenvalue weighted by atomic mass is 10.3. The van der Waals surface area contributed by atoms with Crippen LogP contribution in [0.2, 0.25) is 0 Å². The van der Waals surface area contributed by atoms with Crippen LogP contribution in [0.1, 0.15) is 6.42 Å². The molecule has 0 aliphatic rings. The zero-order valence-corrected chi connectivity index (χ0v) is 5.10. The van der Waals surface area contributed by atoms with Crippen LogP contribution in [0.15, 0.2) is 24.3 Å². The summed E-state index contributed by atoms with van der Waals surface area (Å²) >= 11 is 0. The Morgan fingerprint density at radius 2 is 2.10 bits per heavy atom. The van der Waals surface area contributed by atoms with Crippen LogP contribution in [0.4, 0.5) is 8.78 Å². The van der Waals surface area contributed by atoms with Gasteiger partial charge in [-0.1, -0.05) is 6.08 Å². The third-order valence-corrected chi connectivity index (χ3v) is 0.749. The minimum Gasteiger partial charge on any atom is -0.476 e. The fourth-order valence-electron chi connectivity index (χ4n) is 0.332. The molecule has 56 valence electrons. The molecule has 0 heterocycles. The van der Waals surface area contributed by atoms with Crippen LogP contribution in [0.3, 0.4) is 0 Å². The molecule has 10 heavy (non-hydrogen) atoms. The van der Waals surface area contributed by atoms with Gasteiger partial charge in [0.2, 0.25) is 5.83 Å². The summed E-state index contributed by atoms with van der Waals surface area (Å²) in [6.45, 7) is 3.11. The van der Waals surface area contributed by atoms with E-state index in [1.54, 1.807) is 0 Å². The molecule has 0 aliphatic heterocycles. The average molecular weight is 148 g/mol. The van der Waals surface area contributed by atoms with Crippen LogP contribution in [0, 0.1) is 0 Å². The van der Waals surface area contributed by atoms with Crippen molar-refractivity contribution in [3.8, 4) is 0 Å². The zero-order valence-electron chi connectivity index (χ0n) is 5.10. The van der Waals surface area contributed by atoms with E-state index >= 15 is 0 Å². The third kappa shape index (κ3) is 2.39. The fourth-order valence-corrected chi connectivity index (χ4v) is 0.332. The molecule has 0 radical (unpaired) electrons. The summed E-state index contributed by atoms with van der Waals surface area (Å²) in [7, 11) is 0. The molecular formula is C6H6F2O2. The van der Waals surface area contributed by atoms with E-state index in [-0.39, 0.29) is 0 Å². The summed E-state index contributed by atoms with van der Waals surface area (Å²) in [5, 5.41) is 7.87. The molecule has 0 saturated carbocycles. The molecule has 0 bridgehead atoms. The van der Waals surface area contributed by atoms with E-state index in [9.17, 15) is 13.6 Å². The molecule has 0 atom stereocenters. The number of rotatable bonds is 3. The predicted molar refractivity (Wildman–Crippen MR) is 31.7 cm³/mol. The summed E-state index contributed by atoms with van der Waals surface area (Å²) in [4.78, 5) is 9.71. The second-order valence-corrected chi connectivity index (χ2v) is 1.52. The number of carboxylic acids is 1. The first-order chi connectivity index (χ1) is 4.59. The Hall–Kier alpha value is -1.19. The van der Waals surface area contributed by atoms with E-state index in [0.29, 0.717) is 0 Å². The Morgan fingerprint density at radius 1 is 1.60 bits per heavy atom. The Labute approximate surface area is 56.5 Å². The van der Waals surface area contributed by atoms with Crippen LogP contribution in [-0.4, -0.2) is 11.1 Å². The SMILES string of the molecule is C=CCC(F)=C(F)C(=O)O. The lowest BCUT2D eigenvalue weighted by molar-refractivity contribution is -0.134. The van der Waals surface area contributed by atoms with Gasteiger partial charge in [0.1, 0.15) is 5.83 Å². The number of aliphatic carboxylic acids is 1. The lowest BCUT2D eigenvalue weighted by Crippen LogP contribution is -1.96. The van der Waals surface area contributed by atoms with Crippen molar-refractivity contribution in [2.45, 2.75) is 6.42 Å². The quantitative estimate of drug-likeness (QED) is 0.489. The highest BCUT2D eigenvalue weighted by Crippen LogP contribution is 2.11. The van der Waals surface area contributed by atoms with Gasteiger partial charge in [0.25, 0.3) is 0 Å². The molecule has 0 aromatic rings. The van der Waals surface area contributed by atoms with Crippen LogP contribution in [0.25, 0.3) is 0 Å². The van der Waals surface area contributed by atoms with Crippen molar-refractivity contribution < 1.29 is 18.7 Å². The molecule has 0 amide bonds. The minimum atomic E-state index is -1.89. The van der Waals surface area contributed by atoms with Gasteiger partial charge in [-0.05, 0) is 0 Å². The standard InChI is InChI=1S/C6H6F2O2/c1-2-3-4(7)5(8)6(9)10/h2H,1,3H2,(H,9,10). The number of halogens is 2.